The van der Waals surface area contributed by atoms with Gasteiger partial charge in [0.1, 0.15) is 10.7 Å². The SMILES string of the molecule is Cc1csc(-c2cccc(-c3nc(C(C)CNC(=O)c4cnccn4)no3)c2)n1. The number of hydrogen-bond acceptors (Lipinski definition) is 8. The van der Waals surface area contributed by atoms with Crippen LogP contribution in [0.15, 0.2) is 52.8 Å². The number of nitrogens with one attached hydrogen (secondary N) is 1. The quantitative estimate of drug-likeness (QED) is 0.522. The Hall–Kier alpha value is -3.46. The van der Waals surface area contributed by atoms with Crippen LogP contribution in [0.1, 0.15) is 34.8 Å². The molecule has 0 radical (unpaired) electrons. The van der Waals surface area contributed by atoms with Crippen LogP contribution in [0.5, 0.6) is 0 Å². The highest BCUT2D eigenvalue weighted by Gasteiger charge is 2.17. The molecule has 8 nitrogen and oxygen atoms in total. The number of aromatic nitrogens is 5. The molecule has 146 valence electrons. The van der Waals surface area contributed by atoms with Crippen molar-refractivity contribution in [3.63, 3.8) is 0 Å². The minimum Gasteiger partial charge on any atom is -0.350 e. The Morgan fingerprint density at radius 1 is 1.24 bits per heavy atom. The lowest BCUT2D eigenvalue weighted by molar-refractivity contribution is 0.0946. The Bertz CT molecular complexity index is 1120. The summed E-state index contributed by atoms with van der Waals surface area (Å²) in [6, 6.07) is 7.84. The molecule has 29 heavy (non-hydrogen) atoms. The van der Waals surface area contributed by atoms with Crippen LogP contribution in [0.25, 0.3) is 22.0 Å². The summed E-state index contributed by atoms with van der Waals surface area (Å²) in [5.41, 5.74) is 3.09. The molecule has 0 aliphatic rings. The van der Waals surface area contributed by atoms with Gasteiger partial charge in [-0.3, -0.25) is 9.78 Å². The third-order valence-corrected chi connectivity index (χ3v) is 5.23. The summed E-state index contributed by atoms with van der Waals surface area (Å²) >= 11 is 1.60. The van der Waals surface area contributed by atoms with Gasteiger partial charge in [0, 0.05) is 47.1 Å². The Balaban J connectivity index is 1.45. The van der Waals surface area contributed by atoms with Crippen LogP contribution in [-0.2, 0) is 0 Å². The van der Waals surface area contributed by atoms with Crippen molar-refractivity contribution in [1.82, 2.24) is 30.4 Å². The topological polar surface area (TPSA) is 107 Å². The average Bonchev–Trinajstić information content (AvgIpc) is 3.42. The Labute approximate surface area is 171 Å². The first-order valence-electron chi connectivity index (χ1n) is 9.01. The van der Waals surface area contributed by atoms with Crippen LogP contribution >= 0.6 is 11.3 Å². The number of carbonyl (C=O) groups is 1. The minimum absolute atomic E-state index is 0.127. The number of hydrogen-bond donors (Lipinski definition) is 1. The monoisotopic (exact) mass is 406 g/mol. The molecule has 1 amide bonds. The van der Waals surface area contributed by atoms with Crippen molar-refractivity contribution in [2.45, 2.75) is 19.8 Å². The Morgan fingerprint density at radius 3 is 2.86 bits per heavy atom. The molecular formula is C20H18N6O2S. The summed E-state index contributed by atoms with van der Waals surface area (Å²) < 4.78 is 5.45. The molecule has 1 unspecified atom stereocenters. The molecule has 0 aliphatic carbocycles. The maximum atomic E-state index is 12.1. The largest absolute Gasteiger partial charge is 0.350 e. The number of amides is 1. The Kier molecular flexibility index (Phi) is 5.39. The molecule has 1 atom stereocenters. The zero-order valence-corrected chi connectivity index (χ0v) is 16.7. The van der Waals surface area contributed by atoms with Gasteiger partial charge in [0.2, 0.25) is 0 Å². The van der Waals surface area contributed by atoms with Crippen LogP contribution < -0.4 is 5.32 Å². The average molecular weight is 406 g/mol. The second-order valence-electron chi connectivity index (χ2n) is 6.53. The van der Waals surface area contributed by atoms with E-state index in [-0.39, 0.29) is 17.5 Å². The number of aryl methyl sites for hydroxylation is 1. The zero-order valence-electron chi connectivity index (χ0n) is 15.9. The van der Waals surface area contributed by atoms with Gasteiger partial charge in [-0.2, -0.15) is 4.98 Å². The van der Waals surface area contributed by atoms with E-state index in [2.05, 4.69) is 30.4 Å². The lowest BCUT2D eigenvalue weighted by atomic mass is 10.1. The van der Waals surface area contributed by atoms with Crippen LogP contribution in [0.2, 0.25) is 0 Å². The van der Waals surface area contributed by atoms with Gasteiger partial charge < -0.3 is 9.84 Å². The standard InChI is InChI=1S/C20H18N6O2S/c1-12(9-23-18(27)16-10-21-6-7-22-16)17-25-19(28-26-17)14-4-3-5-15(8-14)20-24-13(2)11-29-20/h3-8,10-12H,9H2,1-2H3,(H,23,27). The number of rotatable bonds is 6. The van der Waals surface area contributed by atoms with E-state index >= 15 is 0 Å². The van der Waals surface area contributed by atoms with E-state index in [0.29, 0.717) is 18.3 Å². The van der Waals surface area contributed by atoms with Gasteiger partial charge in [-0.25, -0.2) is 9.97 Å². The van der Waals surface area contributed by atoms with Crippen molar-refractivity contribution in [2.24, 2.45) is 0 Å². The third kappa shape index (κ3) is 4.35. The molecule has 4 rings (SSSR count). The van der Waals surface area contributed by atoms with Gasteiger partial charge >= 0.3 is 0 Å². The molecule has 0 fully saturated rings. The maximum Gasteiger partial charge on any atom is 0.271 e. The smallest absolute Gasteiger partial charge is 0.271 e. The number of carbonyl (C=O) groups excluding carboxylic acids is 1. The van der Waals surface area contributed by atoms with Gasteiger partial charge in [-0.15, -0.1) is 11.3 Å². The highest BCUT2D eigenvalue weighted by atomic mass is 32.1. The molecule has 0 saturated heterocycles. The summed E-state index contributed by atoms with van der Waals surface area (Å²) in [5.74, 6) is 0.537. The van der Waals surface area contributed by atoms with Gasteiger partial charge in [0.15, 0.2) is 5.82 Å². The van der Waals surface area contributed by atoms with Gasteiger partial charge in [-0.1, -0.05) is 24.2 Å². The highest BCUT2D eigenvalue weighted by Crippen LogP contribution is 2.28. The van der Waals surface area contributed by atoms with Gasteiger partial charge in [0.25, 0.3) is 11.8 Å². The normalized spacial score (nSPS) is 11.9. The molecule has 1 N–H and O–H groups in total. The molecule has 3 heterocycles. The Morgan fingerprint density at radius 2 is 2.10 bits per heavy atom. The summed E-state index contributed by atoms with van der Waals surface area (Å²) in [5, 5.41) is 9.85. The summed E-state index contributed by atoms with van der Waals surface area (Å²) in [4.78, 5) is 29.0. The number of nitrogens with zero attached hydrogens (tertiary/aromatic N) is 5. The van der Waals surface area contributed by atoms with E-state index in [1.54, 1.807) is 11.3 Å². The fourth-order valence-electron chi connectivity index (χ4n) is 2.67. The number of thiazole rings is 1. The molecule has 0 bridgehead atoms. The van der Waals surface area contributed by atoms with Crippen molar-refractivity contribution < 1.29 is 9.32 Å². The third-order valence-electron chi connectivity index (χ3n) is 4.22. The van der Waals surface area contributed by atoms with E-state index in [4.69, 9.17) is 4.52 Å². The van der Waals surface area contributed by atoms with E-state index in [0.717, 1.165) is 21.8 Å². The molecule has 3 aromatic heterocycles. The predicted molar refractivity (Wildman–Crippen MR) is 108 cm³/mol. The maximum absolute atomic E-state index is 12.1. The first kappa shape index (κ1) is 18.9. The molecule has 0 saturated carbocycles. The van der Waals surface area contributed by atoms with Crippen LogP contribution in [0.4, 0.5) is 0 Å². The van der Waals surface area contributed by atoms with Gasteiger partial charge in [0.05, 0.1) is 6.20 Å². The van der Waals surface area contributed by atoms with Crippen LogP contribution in [0, 0.1) is 6.92 Å². The van der Waals surface area contributed by atoms with E-state index in [1.807, 2.05) is 43.5 Å². The van der Waals surface area contributed by atoms with Crippen molar-refractivity contribution >= 4 is 17.2 Å². The van der Waals surface area contributed by atoms with Crippen molar-refractivity contribution in [2.75, 3.05) is 6.54 Å². The first-order chi connectivity index (χ1) is 14.1. The molecule has 9 heteroatoms. The predicted octanol–water partition coefficient (Wildman–Crippen LogP) is 3.49. The number of benzene rings is 1. The van der Waals surface area contributed by atoms with E-state index in [9.17, 15) is 4.79 Å². The summed E-state index contributed by atoms with van der Waals surface area (Å²) in [6.07, 6.45) is 4.42. The van der Waals surface area contributed by atoms with E-state index < -0.39 is 0 Å². The zero-order chi connectivity index (χ0) is 20.2. The second kappa shape index (κ2) is 8.27. The fourth-order valence-corrected chi connectivity index (χ4v) is 3.46. The second-order valence-corrected chi connectivity index (χ2v) is 7.39. The van der Waals surface area contributed by atoms with Crippen LogP contribution in [0.3, 0.4) is 0 Å². The van der Waals surface area contributed by atoms with Crippen LogP contribution in [-0.4, -0.2) is 37.5 Å². The van der Waals surface area contributed by atoms with Crippen molar-refractivity contribution in [3.8, 4) is 22.0 Å². The first-order valence-corrected chi connectivity index (χ1v) is 9.89. The molecular weight excluding hydrogens is 388 g/mol. The van der Waals surface area contributed by atoms with Crippen molar-refractivity contribution in [3.05, 3.63) is 65.4 Å². The van der Waals surface area contributed by atoms with E-state index in [1.165, 1.54) is 18.6 Å². The molecule has 0 spiro atoms. The lowest BCUT2D eigenvalue weighted by Gasteiger charge is -2.08. The molecule has 1 aromatic carbocycles. The summed E-state index contributed by atoms with van der Waals surface area (Å²) in [7, 11) is 0. The van der Waals surface area contributed by atoms with Gasteiger partial charge in [-0.05, 0) is 19.1 Å². The lowest BCUT2D eigenvalue weighted by Crippen LogP contribution is -2.28. The fraction of sp³-hybridized carbons (Fsp3) is 0.200. The minimum atomic E-state index is -0.292. The molecule has 0 aliphatic heterocycles. The van der Waals surface area contributed by atoms with Crippen molar-refractivity contribution in [1.29, 1.82) is 0 Å². The molecule has 4 aromatic rings. The summed E-state index contributed by atoms with van der Waals surface area (Å²) in [6.45, 7) is 4.24. The highest BCUT2D eigenvalue weighted by molar-refractivity contribution is 7.13.